The van der Waals surface area contributed by atoms with Crippen molar-refractivity contribution in [2.24, 2.45) is 0 Å². The third kappa shape index (κ3) is 3.50. The van der Waals surface area contributed by atoms with Gasteiger partial charge in [0.2, 0.25) is 0 Å². The molecule has 0 aromatic carbocycles. The summed E-state index contributed by atoms with van der Waals surface area (Å²) in [6, 6.07) is 3.57. The second-order valence-corrected chi connectivity index (χ2v) is 7.44. The molecule has 1 N–H and O–H groups in total. The van der Waals surface area contributed by atoms with Gasteiger partial charge in [-0.1, -0.05) is 6.92 Å². The van der Waals surface area contributed by atoms with Crippen LogP contribution in [0.25, 0.3) is 0 Å². The number of aryl methyl sites for hydroxylation is 1. The average molecular weight is 308 g/mol. The molecule has 4 heteroatoms. The van der Waals surface area contributed by atoms with Gasteiger partial charge in [-0.05, 0) is 56.3 Å². The molecule has 2 fully saturated rings. The third-order valence-corrected chi connectivity index (χ3v) is 6.22. The Morgan fingerprint density at radius 2 is 2.14 bits per heavy atom. The second kappa shape index (κ2) is 7.23. The van der Waals surface area contributed by atoms with Gasteiger partial charge in [-0.2, -0.15) is 0 Å². The van der Waals surface area contributed by atoms with Gasteiger partial charge in [-0.3, -0.25) is 4.90 Å². The van der Waals surface area contributed by atoms with Gasteiger partial charge >= 0.3 is 0 Å². The van der Waals surface area contributed by atoms with E-state index in [1.807, 2.05) is 11.3 Å². The molecule has 2 atom stereocenters. The first kappa shape index (κ1) is 15.5. The maximum atomic E-state index is 3.57. The second-order valence-electron chi connectivity index (χ2n) is 6.50. The van der Waals surface area contributed by atoms with E-state index in [0.29, 0.717) is 12.1 Å². The predicted molar refractivity (Wildman–Crippen MR) is 91.1 cm³/mol. The summed E-state index contributed by atoms with van der Waals surface area (Å²) in [4.78, 5) is 7.06. The molecule has 118 valence electrons. The molecular formula is C17H29N3S. The monoisotopic (exact) mass is 307 g/mol. The smallest absolute Gasteiger partial charge is 0.0575 e. The molecule has 0 saturated carbocycles. The van der Waals surface area contributed by atoms with Crippen molar-refractivity contribution in [2.75, 3.05) is 39.3 Å². The molecule has 1 aromatic heterocycles. The summed E-state index contributed by atoms with van der Waals surface area (Å²) in [6.07, 6.45) is 4.01. The van der Waals surface area contributed by atoms with Crippen LogP contribution in [-0.4, -0.2) is 55.1 Å². The number of rotatable bonds is 5. The van der Waals surface area contributed by atoms with E-state index in [4.69, 9.17) is 0 Å². The van der Waals surface area contributed by atoms with Crippen LogP contribution in [0.1, 0.15) is 42.7 Å². The Morgan fingerprint density at radius 1 is 1.33 bits per heavy atom. The number of piperazine rings is 1. The SMILES string of the molecule is CCC1CNCCN1C(CN1CCCC1)c1sccc1C. The Bertz CT molecular complexity index is 439. The minimum atomic E-state index is 0.593. The number of nitrogens with one attached hydrogen (secondary N) is 1. The Kier molecular flexibility index (Phi) is 5.33. The van der Waals surface area contributed by atoms with Crippen LogP contribution in [-0.2, 0) is 0 Å². The summed E-state index contributed by atoms with van der Waals surface area (Å²) in [5.41, 5.74) is 1.48. The molecule has 0 aliphatic carbocycles. The van der Waals surface area contributed by atoms with Crippen LogP contribution in [0.4, 0.5) is 0 Å². The topological polar surface area (TPSA) is 18.5 Å². The molecule has 2 aliphatic heterocycles. The fourth-order valence-electron chi connectivity index (χ4n) is 3.84. The van der Waals surface area contributed by atoms with Crippen LogP contribution >= 0.6 is 11.3 Å². The van der Waals surface area contributed by atoms with Gasteiger partial charge in [-0.15, -0.1) is 11.3 Å². The van der Waals surface area contributed by atoms with Crippen LogP contribution in [0, 0.1) is 6.92 Å². The molecule has 0 radical (unpaired) electrons. The first-order valence-electron chi connectivity index (χ1n) is 8.52. The summed E-state index contributed by atoms with van der Waals surface area (Å²) in [7, 11) is 0. The molecule has 2 aliphatic rings. The van der Waals surface area contributed by atoms with Crippen molar-refractivity contribution in [1.29, 1.82) is 0 Å². The van der Waals surface area contributed by atoms with Crippen molar-refractivity contribution in [1.82, 2.24) is 15.1 Å². The highest BCUT2D eigenvalue weighted by Gasteiger charge is 2.32. The molecule has 21 heavy (non-hydrogen) atoms. The van der Waals surface area contributed by atoms with Gasteiger partial charge in [0, 0.05) is 37.1 Å². The van der Waals surface area contributed by atoms with Crippen molar-refractivity contribution in [3.8, 4) is 0 Å². The van der Waals surface area contributed by atoms with Crippen LogP contribution in [0.5, 0.6) is 0 Å². The normalized spacial score (nSPS) is 26.3. The lowest BCUT2D eigenvalue weighted by Crippen LogP contribution is -2.53. The number of likely N-dealkylation sites (tertiary alicyclic amines) is 1. The highest BCUT2D eigenvalue weighted by Crippen LogP contribution is 2.32. The maximum Gasteiger partial charge on any atom is 0.0575 e. The first-order valence-corrected chi connectivity index (χ1v) is 9.40. The van der Waals surface area contributed by atoms with E-state index in [2.05, 4.69) is 40.4 Å². The van der Waals surface area contributed by atoms with Crippen molar-refractivity contribution < 1.29 is 0 Å². The van der Waals surface area contributed by atoms with E-state index < -0.39 is 0 Å². The first-order chi connectivity index (χ1) is 10.3. The predicted octanol–water partition coefficient (Wildman–Crippen LogP) is 2.88. The fraction of sp³-hybridized carbons (Fsp3) is 0.765. The van der Waals surface area contributed by atoms with E-state index in [9.17, 15) is 0 Å². The van der Waals surface area contributed by atoms with E-state index in [0.717, 1.165) is 13.1 Å². The molecule has 0 spiro atoms. The van der Waals surface area contributed by atoms with Gasteiger partial charge in [0.1, 0.15) is 0 Å². The lowest BCUT2D eigenvalue weighted by molar-refractivity contribution is 0.0814. The molecular weight excluding hydrogens is 278 g/mol. The van der Waals surface area contributed by atoms with Gasteiger partial charge in [-0.25, -0.2) is 0 Å². The summed E-state index contributed by atoms with van der Waals surface area (Å²) in [5, 5.41) is 5.84. The van der Waals surface area contributed by atoms with Gasteiger partial charge in [0.05, 0.1) is 6.04 Å². The van der Waals surface area contributed by atoms with Crippen LogP contribution in [0.3, 0.4) is 0 Å². The zero-order valence-electron chi connectivity index (χ0n) is 13.5. The van der Waals surface area contributed by atoms with Gasteiger partial charge < -0.3 is 10.2 Å². The summed E-state index contributed by atoms with van der Waals surface area (Å²) in [6.45, 7) is 11.9. The highest BCUT2D eigenvalue weighted by atomic mass is 32.1. The molecule has 3 rings (SSSR count). The number of thiophene rings is 1. The minimum absolute atomic E-state index is 0.593. The molecule has 0 bridgehead atoms. The fourth-order valence-corrected chi connectivity index (χ4v) is 4.88. The van der Waals surface area contributed by atoms with E-state index in [1.54, 1.807) is 4.88 Å². The maximum absolute atomic E-state index is 3.57. The standard InChI is InChI=1S/C17H29N3S/c1-3-15-12-18-7-10-20(15)16(13-19-8-4-5-9-19)17-14(2)6-11-21-17/h6,11,15-16,18H,3-5,7-10,12-13H2,1-2H3. The Morgan fingerprint density at radius 3 is 2.81 bits per heavy atom. The minimum Gasteiger partial charge on any atom is -0.314 e. The lowest BCUT2D eigenvalue weighted by Gasteiger charge is -2.42. The largest absolute Gasteiger partial charge is 0.314 e. The highest BCUT2D eigenvalue weighted by molar-refractivity contribution is 7.10. The van der Waals surface area contributed by atoms with Crippen LogP contribution in [0.15, 0.2) is 11.4 Å². The van der Waals surface area contributed by atoms with E-state index >= 15 is 0 Å². The molecule has 2 saturated heterocycles. The third-order valence-electron chi connectivity index (χ3n) is 5.10. The summed E-state index contributed by atoms with van der Waals surface area (Å²) in [5.74, 6) is 0. The Hall–Kier alpha value is -0.420. The van der Waals surface area contributed by atoms with E-state index in [1.165, 1.54) is 51.0 Å². The quantitative estimate of drug-likeness (QED) is 0.902. The average Bonchev–Trinajstić information content (AvgIpc) is 3.16. The van der Waals surface area contributed by atoms with Gasteiger partial charge in [0.15, 0.2) is 0 Å². The molecule has 3 nitrogen and oxygen atoms in total. The lowest BCUT2D eigenvalue weighted by atomic mass is 10.0. The van der Waals surface area contributed by atoms with Crippen molar-refractivity contribution in [3.63, 3.8) is 0 Å². The number of hydrogen-bond donors (Lipinski definition) is 1. The summed E-state index contributed by atoms with van der Waals surface area (Å²) < 4.78 is 0. The van der Waals surface area contributed by atoms with Crippen molar-refractivity contribution in [3.05, 3.63) is 21.9 Å². The molecule has 0 amide bonds. The molecule has 1 aromatic rings. The molecule has 2 unspecified atom stereocenters. The Balaban J connectivity index is 1.81. The van der Waals surface area contributed by atoms with Crippen LogP contribution < -0.4 is 5.32 Å². The van der Waals surface area contributed by atoms with Crippen LogP contribution in [0.2, 0.25) is 0 Å². The Labute approximate surface area is 133 Å². The van der Waals surface area contributed by atoms with Crippen molar-refractivity contribution in [2.45, 2.75) is 45.2 Å². The number of hydrogen-bond acceptors (Lipinski definition) is 4. The van der Waals surface area contributed by atoms with E-state index in [-0.39, 0.29) is 0 Å². The zero-order chi connectivity index (χ0) is 14.7. The number of nitrogens with zero attached hydrogens (tertiary/aromatic N) is 2. The van der Waals surface area contributed by atoms with Crippen molar-refractivity contribution >= 4 is 11.3 Å². The van der Waals surface area contributed by atoms with Gasteiger partial charge in [0.25, 0.3) is 0 Å². The molecule has 3 heterocycles. The summed E-state index contributed by atoms with van der Waals surface area (Å²) >= 11 is 1.96. The zero-order valence-corrected chi connectivity index (χ0v) is 14.3.